The Labute approximate surface area is 211 Å². The van der Waals surface area contributed by atoms with Gasteiger partial charge in [0.1, 0.15) is 22.8 Å². The third-order valence-corrected chi connectivity index (χ3v) is 5.45. The van der Waals surface area contributed by atoms with Crippen molar-refractivity contribution in [3.8, 4) is 0 Å². The zero-order valence-electron chi connectivity index (χ0n) is 20.5. The second kappa shape index (κ2) is 11.0. The van der Waals surface area contributed by atoms with Crippen LogP contribution < -0.4 is 14.9 Å². The van der Waals surface area contributed by atoms with Crippen LogP contribution in [0.2, 0.25) is 0 Å². The largest absolute Gasteiger partial charge is 0.456 e. The van der Waals surface area contributed by atoms with E-state index in [1.54, 1.807) is 57.3 Å². The van der Waals surface area contributed by atoms with Crippen molar-refractivity contribution in [1.29, 1.82) is 0 Å². The maximum atomic E-state index is 13.7. The smallest absolute Gasteiger partial charge is 0.421 e. The fraction of sp³-hybridized carbons (Fsp3) is 0.333. The number of hydrogen-bond acceptors (Lipinski definition) is 9. The lowest BCUT2D eigenvalue weighted by molar-refractivity contribution is -0.137. The summed E-state index contributed by atoms with van der Waals surface area (Å²) in [5.74, 6) is -0.355. The Morgan fingerprint density at radius 2 is 1.89 bits per heavy atom. The number of benzene rings is 1. The van der Waals surface area contributed by atoms with Crippen molar-refractivity contribution in [2.24, 2.45) is 0 Å². The number of aromatic nitrogens is 3. The van der Waals surface area contributed by atoms with Crippen LogP contribution in [0.15, 0.2) is 48.8 Å². The minimum absolute atomic E-state index is 0.0573. The topological polar surface area (TPSA) is 92.3 Å². The molecule has 0 atom stereocenters. The number of carbonyl (C=O) groups is 1. The average Bonchev–Trinajstić information content (AvgIpc) is 2.81. The second-order valence-electron chi connectivity index (χ2n) is 8.68. The van der Waals surface area contributed by atoms with Gasteiger partial charge in [-0.2, -0.15) is 18.2 Å². The lowest BCUT2D eigenvalue weighted by Crippen LogP contribution is -2.23. The maximum absolute atomic E-state index is 13.7. The van der Waals surface area contributed by atoms with Gasteiger partial charge in [0, 0.05) is 43.5 Å². The first-order valence-corrected chi connectivity index (χ1v) is 12.1. The van der Waals surface area contributed by atoms with Gasteiger partial charge in [-0.3, -0.25) is 0 Å². The first kappa shape index (κ1) is 27.1. The SMILES string of the molecule is CSN(C)c1ncccc1CNc1nc(Nc2cccc(C(=O)OC(C)(C)C)c2)ncc1C(F)(F)F. The normalized spacial score (nSPS) is 11.7. The minimum Gasteiger partial charge on any atom is -0.456 e. The quantitative estimate of drug-likeness (QED) is 0.278. The first-order valence-electron chi connectivity index (χ1n) is 10.9. The Balaban J connectivity index is 1.86. The van der Waals surface area contributed by atoms with Gasteiger partial charge < -0.3 is 19.7 Å². The van der Waals surface area contributed by atoms with Crippen molar-refractivity contribution >= 4 is 41.2 Å². The molecule has 0 bridgehead atoms. The molecule has 0 unspecified atom stereocenters. The third-order valence-electron chi connectivity index (χ3n) is 4.73. The van der Waals surface area contributed by atoms with Crippen molar-refractivity contribution in [3.05, 3.63) is 65.5 Å². The second-order valence-corrected chi connectivity index (χ2v) is 9.59. The Hall–Kier alpha value is -3.54. The van der Waals surface area contributed by atoms with Crippen molar-refractivity contribution < 1.29 is 22.7 Å². The first-order chi connectivity index (χ1) is 16.9. The molecule has 12 heteroatoms. The number of esters is 1. The van der Waals surface area contributed by atoms with E-state index in [-0.39, 0.29) is 23.9 Å². The van der Waals surface area contributed by atoms with Crippen LogP contribution in [0.1, 0.15) is 42.3 Å². The number of pyridine rings is 1. The highest BCUT2D eigenvalue weighted by molar-refractivity contribution is 7.99. The van der Waals surface area contributed by atoms with Gasteiger partial charge >= 0.3 is 12.1 Å². The summed E-state index contributed by atoms with van der Waals surface area (Å²) in [6.07, 6.45) is -0.461. The number of alkyl halides is 3. The molecule has 36 heavy (non-hydrogen) atoms. The molecule has 1 aromatic carbocycles. The highest BCUT2D eigenvalue weighted by atomic mass is 32.2. The Morgan fingerprint density at radius 1 is 1.14 bits per heavy atom. The van der Waals surface area contributed by atoms with Crippen LogP contribution in [-0.4, -0.2) is 39.8 Å². The molecular weight excluding hydrogens is 493 g/mol. The van der Waals surface area contributed by atoms with E-state index < -0.39 is 23.3 Å². The minimum atomic E-state index is -4.66. The molecule has 0 aliphatic carbocycles. The van der Waals surface area contributed by atoms with E-state index in [4.69, 9.17) is 4.74 Å². The van der Waals surface area contributed by atoms with E-state index in [0.29, 0.717) is 23.3 Å². The molecule has 192 valence electrons. The fourth-order valence-corrected chi connectivity index (χ4v) is 3.43. The standard InChI is InChI=1S/C24H27F3N6O2S/c1-23(2,3)35-21(34)15-8-6-10-17(12-15)31-22-30-14-18(24(25,26)27)19(32-22)29-13-16-9-7-11-28-20(16)33(4)36-5/h6-12,14H,13H2,1-5H3,(H2,29,30,31,32). The third kappa shape index (κ3) is 7.23. The lowest BCUT2D eigenvalue weighted by atomic mass is 10.1. The van der Waals surface area contributed by atoms with Gasteiger partial charge in [0.2, 0.25) is 5.95 Å². The highest BCUT2D eigenvalue weighted by Gasteiger charge is 2.35. The maximum Gasteiger partial charge on any atom is 0.421 e. The predicted molar refractivity (Wildman–Crippen MR) is 135 cm³/mol. The van der Waals surface area contributed by atoms with Crippen molar-refractivity contribution in [2.45, 2.75) is 39.1 Å². The molecule has 2 heterocycles. The molecule has 3 rings (SSSR count). The van der Waals surface area contributed by atoms with Crippen molar-refractivity contribution in [1.82, 2.24) is 15.0 Å². The summed E-state index contributed by atoms with van der Waals surface area (Å²) in [5, 5.41) is 5.63. The van der Waals surface area contributed by atoms with Gasteiger partial charge in [-0.25, -0.2) is 14.8 Å². The van der Waals surface area contributed by atoms with E-state index in [1.807, 2.05) is 17.6 Å². The van der Waals surface area contributed by atoms with Crippen LogP contribution in [0, 0.1) is 0 Å². The van der Waals surface area contributed by atoms with Crippen LogP contribution >= 0.6 is 11.9 Å². The number of hydrogen-bond donors (Lipinski definition) is 2. The van der Waals surface area contributed by atoms with Crippen LogP contribution in [0.3, 0.4) is 0 Å². The highest BCUT2D eigenvalue weighted by Crippen LogP contribution is 2.34. The molecule has 0 radical (unpaired) electrons. The lowest BCUT2D eigenvalue weighted by Gasteiger charge is -2.20. The van der Waals surface area contributed by atoms with E-state index >= 15 is 0 Å². The molecule has 0 spiro atoms. The summed E-state index contributed by atoms with van der Waals surface area (Å²) in [5.41, 5.74) is -0.279. The Morgan fingerprint density at radius 3 is 2.56 bits per heavy atom. The molecule has 3 aromatic rings. The van der Waals surface area contributed by atoms with Gasteiger partial charge in [-0.05, 0) is 45.0 Å². The van der Waals surface area contributed by atoms with Gasteiger partial charge in [-0.15, -0.1) is 0 Å². The van der Waals surface area contributed by atoms with Gasteiger partial charge in [0.05, 0.1) is 5.56 Å². The van der Waals surface area contributed by atoms with E-state index in [0.717, 1.165) is 0 Å². The summed E-state index contributed by atoms with van der Waals surface area (Å²) in [4.78, 5) is 24.6. The van der Waals surface area contributed by atoms with Crippen LogP contribution in [0.25, 0.3) is 0 Å². The predicted octanol–water partition coefficient (Wildman–Crippen LogP) is 5.92. The fourth-order valence-electron chi connectivity index (χ4n) is 3.09. The average molecular weight is 521 g/mol. The van der Waals surface area contributed by atoms with E-state index in [9.17, 15) is 18.0 Å². The summed E-state index contributed by atoms with van der Waals surface area (Å²) < 4.78 is 48.1. The molecule has 0 fully saturated rings. The van der Waals surface area contributed by atoms with Gasteiger partial charge in [-0.1, -0.05) is 24.1 Å². The molecule has 0 amide bonds. The van der Waals surface area contributed by atoms with Crippen LogP contribution in [-0.2, 0) is 17.5 Å². The van der Waals surface area contributed by atoms with Crippen LogP contribution in [0.4, 0.5) is 36.4 Å². The van der Waals surface area contributed by atoms with Gasteiger partial charge in [0.25, 0.3) is 0 Å². The van der Waals surface area contributed by atoms with Crippen molar-refractivity contribution in [2.75, 3.05) is 28.2 Å². The summed E-state index contributed by atoms with van der Waals surface area (Å²) >= 11 is 1.43. The zero-order valence-corrected chi connectivity index (χ0v) is 21.3. The van der Waals surface area contributed by atoms with Gasteiger partial charge in [0.15, 0.2) is 0 Å². The molecule has 0 saturated heterocycles. The number of anilines is 4. The Bertz CT molecular complexity index is 1220. The van der Waals surface area contributed by atoms with Crippen LogP contribution in [0.5, 0.6) is 0 Å². The number of rotatable bonds is 8. The molecule has 0 aliphatic rings. The summed E-state index contributed by atoms with van der Waals surface area (Å²) in [6.45, 7) is 5.32. The summed E-state index contributed by atoms with van der Waals surface area (Å²) in [6, 6.07) is 9.85. The molecule has 8 nitrogen and oxygen atoms in total. The van der Waals surface area contributed by atoms with Crippen molar-refractivity contribution in [3.63, 3.8) is 0 Å². The molecule has 2 N–H and O–H groups in total. The Kier molecular flexibility index (Phi) is 8.28. The number of carbonyl (C=O) groups excluding carboxylic acids is 1. The number of ether oxygens (including phenoxy) is 1. The number of nitrogens with zero attached hydrogens (tertiary/aromatic N) is 4. The molecule has 2 aromatic heterocycles. The van der Waals surface area contributed by atoms with E-state index in [1.165, 1.54) is 18.0 Å². The monoisotopic (exact) mass is 520 g/mol. The molecule has 0 saturated carbocycles. The number of nitrogens with one attached hydrogen (secondary N) is 2. The zero-order chi connectivity index (χ0) is 26.5. The molecular formula is C24H27F3N6O2S. The van der Waals surface area contributed by atoms with E-state index in [2.05, 4.69) is 25.6 Å². The number of halogens is 3. The molecule has 0 aliphatic heterocycles. The summed E-state index contributed by atoms with van der Waals surface area (Å²) in [7, 11) is 1.82.